The molecule has 0 saturated carbocycles. The number of benzene rings is 2. The molecule has 2 amide bonds. The fourth-order valence-electron chi connectivity index (χ4n) is 4.23. The lowest BCUT2D eigenvalue weighted by atomic mass is 9.86. The number of hydrogen-bond donors (Lipinski definition) is 2. The second-order valence-corrected chi connectivity index (χ2v) is 8.45. The second kappa shape index (κ2) is 7.06. The van der Waals surface area contributed by atoms with Gasteiger partial charge >= 0.3 is 0 Å². The maximum atomic E-state index is 13.0. The minimum absolute atomic E-state index is 0.00824. The standard InChI is InChI=1S/C23H27N3O2/c1-15-6-4-7-16(12-15)14-26-11-5-8-20(26)21(27)24-17-9-10-19-18(13-17)23(2,3)22(28)25-19/h4,6-7,9-10,12-13,20H,5,8,11,14H2,1-3H3,(H,24,27)(H,25,28). The Balaban J connectivity index is 1.48. The number of rotatable bonds is 4. The number of anilines is 2. The molecule has 1 fully saturated rings. The molecule has 2 heterocycles. The van der Waals surface area contributed by atoms with Crippen LogP contribution in [0.2, 0.25) is 0 Å². The van der Waals surface area contributed by atoms with Crippen molar-refractivity contribution in [3.05, 3.63) is 59.2 Å². The molecule has 1 unspecified atom stereocenters. The van der Waals surface area contributed by atoms with Crippen LogP contribution in [0.15, 0.2) is 42.5 Å². The van der Waals surface area contributed by atoms with Crippen LogP contribution in [-0.2, 0) is 21.5 Å². The number of aryl methyl sites for hydroxylation is 1. The number of hydrogen-bond acceptors (Lipinski definition) is 3. The Morgan fingerprint density at radius 1 is 1.25 bits per heavy atom. The Bertz CT molecular complexity index is 935. The monoisotopic (exact) mass is 377 g/mol. The summed E-state index contributed by atoms with van der Waals surface area (Å²) < 4.78 is 0. The Hall–Kier alpha value is -2.66. The highest BCUT2D eigenvalue weighted by Crippen LogP contribution is 2.38. The van der Waals surface area contributed by atoms with Crippen molar-refractivity contribution >= 4 is 23.2 Å². The van der Waals surface area contributed by atoms with Gasteiger partial charge in [0.1, 0.15) is 0 Å². The summed E-state index contributed by atoms with van der Waals surface area (Å²) in [6, 6.07) is 14.0. The van der Waals surface area contributed by atoms with Crippen LogP contribution >= 0.6 is 0 Å². The van der Waals surface area contributed by atoms with Gasteiger partial charge in [0.15, 0.2) is 0 Å². The minimum atomic E-state index is -0.583. The molecule has 1 atom stereocenters. The molecule has 0 radical (unpaired) electrons. The number of likely N-dealkylation sites (tertiary alicyclic amines) is 1. The van der Waals surface area contributed by atoms with E-state index in [1.807, 2.05) is 32.0 Å². The molecule has 4 rings (SSSR count). The van der Waals surface area contributed by atoms with Crippen LogP contribution in [0.4, 0.5) is 11.4 Å². The van der Waals surface area contributed by atoms with Crippen molar-refractivity contribution in [1.82, 2.24) is 4.90 Å². The summed E-state index contributed by atoms with van der Waals surface area (Å²) >= 11 is 0. The highest BCUT2D eigenvalue weighted by atomic mass is 16.2. The predicted molar refractivity (Wildman–Crippen MR) is 111 cm³/mol. The van der Waals surface area contributed by atoms with Gasteiger partial charge in [-0.15, -0.1) is 0 Å². The van der Waals surface area contributed by atoms with Crippen molar-refractivity contribution in [3.8, 4) is 0 Å². The number of carbonyl (C=O) groups is 2. The van der Waals surface area contributed by atoms with Gasteiger partial charge in [-0.1, -0.05) is 29.8 Å². The Kier molecular flexibility index (Phi) is 4.71. The van der Waals surface area contributed by atoms with E-state index >= 15 is 0 Å². The third kappa shape index (κ3) is 3.42. The highest BCUT2D eigenvalue weighted by Gasteiger charge is 2.38. The maximum Gasteiger partial charge on any atom is 0.241 e. The van der Waals surface area contributed by atoms with Crippen LogP contribution in [0.3, 0.4) is 0 Å². The van der Waals surface area contributed by atoms with Crippen molar-refractivity contribution < 1.29 is 9.59 Å². The van der Waals surface area contributed by atoms with Gasteiger partial charge < -0.3 is 10.6 Å². The zero-order valence-electron chi connectivity index (χ0n) is 16.7. The fraction of sp³-hybridized carbons (Fsp3) is 0.391. The van der Waals surface area contributed by atoms with E-state index in [1.54, 1.807) is 0 Å². The molecule has 0 aliphatic carbocycles. The average molecular weight is 377 g/mol. The molecule has 0 aromatic heterocycles. The first-order valence-corrected chi connectivity index (χ1v) is 9.91. The van der Waals surface area contributed by atoms with Crippen molar-refractivity contribution in [3.63, 3.8) is 0 Å². The molecular weight excluding hydrogens is 350 g/mol. The molecule has 28 heavy (non-hydrogen) atoms. The summed E-state index contributed by atoms with van der Waals surface area (Å²) in [5, 5.41) is 5.98. The van der Waals surface area contributed by atoms with Crippen LogP contribution in [0.5, 0.6) is 0 Å². The van der Waals surface area contributed by atoms with E-state index in [4.69, 9.17) is 0 Å². The highest BCUT2D eigenvalue weighted by molar-refractivity contribution is 6.06. The third-order valence-corrected chi connectivity index (χ3v) is 5.91. The first-order chi connectivity index (χ1) is 13.3. The molecule has 2 aliphatic rings. The normalized spacial score (nSPS) is 20.7. The number of amides is 2. The maximum absolute atomic E-state index is 13.0. The van der Waals surface area contributed by atoms with E-state index in [2.05, 4.69) is 46.7 Å². The van der Waals surface area contributed by atoms with Gasteiger partial charge in [-0.25, -0.2) is 0 Å². The Morgan fingerprint density at radius 3 is 2.86 bits per heavy atom. The summed E-state index contributed by atoms with van der Waals surface area (Å²) in [6.07, 6.45) is 1.90. The van der Waals surface area contributed by atoms with Gasteiger partial charge in [0.25, 0.3) is 0 Å². The summed E-state index contributed by atoms with van der Waals surface area (Å²) in [6.45, 7) is 7.62. The Morgan fingerprint density at radius 2 is 2.07 bits per heavy atom. The molecule has 1 saturated heterocycles. The molecule has 0 spiro atoms. The van der Waals surface area contributed by atoms with Gasteiger partial charge in [0, 0.05) is 17.9 Å². The van der Waals surface area contributed by atoms with Crippen molar-refractivity contribution in [2.45, 2.75) is 51.6 Å². The molecule has 0 bridgehead atoms. The molecule has 2 N–H and O–H groups in total. The summed E-state index contributed by atoms with van der Waals surface area (Å²) in [7, 11) is 0. The number of nitrogens with one attached hydrogen (secondary N) is 2. The van der Waals surface area contributed by atoms with Gasteiger partial charge in [-0.2, -0.15) is 0 Å². The zero-order valence-corrected chi connectivity index (χ0v) is 16.7. The van der Waals surface area contributed by atoms with E-state index in [0.717, 1.165) is 42.9 Å². The number of fused-ring (bicyclic) bond motifs is 1. The first-order valence-electron chi connectivity index (χ1n) is 9.91. The lowest BCUT2D eigenvalue weighted by molar-refractivity contribution is -0.120. The Labute approximate surface area is 166 Å². The lowest BCUT2D eigenvalue weighted by Crippen LogP contribution is -2.39. The number of carbonyl (C=O) groups excluding carboxylic acids is 2. The molecule has 146 valence electrons. The fourth-order valence-corrected chi connectivity index (χ4v) is 4.23. The van der Waals surface area contributed by atoms with Crippen LogP contribution in [0, 0.1) is 6.92 Å². The van der Waals surface area contributed by atoms with Crippen LogP contribution in [0.25, 0.3) is 0 Å². The van der Waals surface area contributed by atoms with E-state index in [9.17, 15) is 9.59 Å². The summed E-state index contributed by atoms with van der Waals surface area (Å²) in [5.41, 5.74) is 4.40. The van der Waals surface area contributed by atoms with Crippen LogP contribution < -0.4 is 10.6 Å². The van der Waals surface area contributed by atoms with Crippen molar-refractivity contribution in [2.75, 3.05) is 17.2 Å². The first kappa shape index (κ1) is 18.7. The SMILES string of the molecule is Cc1cccc(CN2CCCC2C(=O)Nc2ccc3c(c2)C(C)(C)C(=O)N3)c1. The van der Waals surface area contributed by atoms with Gasteiger partial charge in [0.05, 0.1) is 11.5 Å². The largest absolute Gasteiger partial charge is 0.325 e. The van der Waals surface area contributed by atoms with E-state index in [-0.39, 0.29) is 17.9 Å². The van der Waals surface area contributed by atoms with E-state index in [0.29, 0.717) is 0 Å². The third-order valence-electron chi connectivity index (χ3n) is 5.91. The van der Waals surface area contributed by atoms with Gasteiger partial charge in [-0.3, -0.25) is 14.5 Å². The van der Waals surface area contributed by atoms with Crippen LogP contribution in [0.1, 0.15) is 43.4 Å². The second-order valence-electron chi connectivity index (χ2n) is 8.45. The topological polar surface area (TPSA) is 61.4 Å². The lowest BCUT2D eigenvalue weighted by Gasteiger charge is -2.24. The predicted octanol–water partition coefficient (Wildman–Crippen LogP) is 3.83. The van der Waals surface area contributed by atoms with Crippen molar-refractivity contribution in [1.29, 1.82) is 0 Å². The summed E-state index contributed by atoms with van der Waals surface area (Å²) in [5.74, 6) is 0.0197. The minimum Gasteiger partial charge on any atom is -0.325 e. The molecule has 2 aliphatic heterocycles. The van der Waals surface area contributed by atoms with Gasteiger partial charge in [-0.05, 0) is 69.5 Å². The molecule has 2 aromatic rings. The number of nitrogens with zero attached hydrogens (tertiary/aromatic N) is 1. The molecule has 5 nitrogen and oxygen atoms in total. The quantitative estimate of drug-likeness (QED) is 0.851. The average Bonchev–Trinajstić information content (AvgIpc) is 3.18. The van der Waals surface area contributed by atoms with Crippen molar-refractivity contribution in [2.24, 2.45) is 0 Å². The zero-order chi connectivity index (χ0) is 19.9. The smallest absolute Gasteiger partial charge is 0.241 e. The molecular formula is C23H27N3O2. The summed E-state index contributed by atoms with van der Waals surface area (Å²) in [4.78, 5) is 27.4. The van der Waals surface area contributed by atoms with E-state index in [1.165, 1.54) is 11.1 Å². The molecule has 2 aromatic carbocycles. The van der Waals surface area contributed by atoms with Crippen LogP contribution in [-0.4, -0.2) is 29.3 Å². The van der Waals surface area contributed by atoms with Gasteiger partial charge in [0.2, 0.25) is 11.8 Å². The molecule has 5 heteroatoms. The van der Waals surface area contributed by atoms with E-state index < -0.39 is 5.41 Å².